The molecule has 2 heterocycles. The van der Waals surface area contributed by atoms with E-state index in [1.54, 1.807) is 0 Å². The Labute approximate surface area is 382 Å². The van der Waals surface area contributed by atoms with E-state index < -0.39 is 0 Å². The fraction of sp³-hybridized carbons (Fsp3) is 0.923. The summed E-state index contributed by atoms with van der Waals surface area (Å²) in [6.45, 7) is 16.5. The molecule has 0 saturated carbocycles. The summed E-state index contributed by atoms with van der Waals surface area (Å²) < 4.78 is 13.7. The number of carbonyl (C=O) groups excluding carboxylic acids is 2. The van der Waals surface area contributed by atoms with E-state index >= 15 is 0 Å². The number of esters is 2. The van der Waals surface area contributed by atoms with Gasteiger partial charge in [-0.1, -0.05) is 167 Å². The van der Waals surface area contributed by atoms with E-state index in [1.807, 2.05) is 4.68 Å². The molecule has 62 heavy (non-hydrogen) atoms. The van der Waals surface area contributed by atoms with Gasteiger partial charge in [-0.15, -0.1) is 5.10 Å². The molecule has 1 aromatic heterocycles. The van der Waals surface area contributed by atoms with Crippen molar-refractivity contribution in [3.8, 4) is 0 Å². The summed E-state index contributed by atoms with van der Waals surface area (Å²) in [6.07, 6.45) is 40.7. The van der Waals surface area contributed by atoms with Crippen LogP contribution in [0.25, 0.3) is 0 Å². The van der Waals surface area contributed by atoms with E-state index in [0.717, 1.165) is 135 Å². The largest absolute Gasteiger partial charge is 0.466 e. The summed E-state index contributed by atoms with van der Waals surface area (Å²) >= 11 is 0. The third kappa shape index (κ3) is 32.6. The SMILES string of the molecule is CCCCCCCCCCCOC(=O)CCCCCN(CCCCCCCC(=O)OC(CCCCCCCC)CCCCCCCC)CCn1cc(CN2CCN(C)CC2)nn1. The van der Waals surface area contributed by atoms with Gasteiger partial charge < -0.3 is 19.3 Å². The van der Waals surface area contributed by atoms with Crippen LogP contribution in [0, 0.1) is 0 Å². The molecule has 0 amide bonds. The van der Waals surface area contributed by atoms with E-state index in [9.17, 15) is 9.59 Å². The Morgan fingerprint density at radius 3 is 1.61 bits per heavy atom. The zero-order valence-electron chi connectivity index (χ0n) is 41.4. The highest BCUT2D eigenvalue weighted by Gasteiger charge is 2.17. The summed E-state index contributed by atoms with van der Waals surface area (Å²) in [7, 11) is 2.19. The van der Waals surface area contributed by atoms with Crippen LogP contribution in [0.2, 0.25) is 0 Å². The van der Waals surface area contributed by atoms with Crippen LogP contribution in [0.5, 0.6) is 0 Å². The van der Waals surface area contributed by atoms with E-state index in [1.165, 1.54) is 128 Å². The van der Waals surface area contributed by atoms with E-state index in [4.69, 9.17) is 9.47 Å². The predicted octanol–water partition coefficient (Wildman–Crippen LogP) is 12.7. The summed E-state index contributed by atoms with van der Waals surface area (Å²) in [5, 5.41) is 9.00. The number of unbranched alkanes of at least 4 members (excludes halogenated alkanes) is 24. The van der Waals surface area contributed by atoms with Crippen LogP contribution in [-0.4, -0.2) is 107 Å². The van der Waals surface area contributed by atoms with Crippen molar-refractivity contribution in [1.29, 1.82) is 0 Å². The van der Waals surface area contributed by atoms with Crippen LogP contribution in [0.3, 0.4) is 0 Å². The molecule has 0 aliphatic carbocycles. The summed E-state index contributed by atoms with van der Waals surface area (Å²) in [6, 6.07) is 0. The van der Waals surface area contributed by atoms with Gasteiger partial charge in [-0.2, -0.15) is 0 Å². The quantitative estimate of drug-likeness (QED) is 0.0469. The normalized spacial score (nSPS) is 13.8. The fourth-order valence-electron chi connectivity index (χ4n) is 8.73. The van der Waals surface area contributed by atoms with Crippen LogP contribution in [-0.2, 0) is 32.2 Å². The molecule has 0 atom stereocenters. The number of nitrogens with zero attached hydrogens (tertiary/aromatic N) is 6. The highest BCUT2D eigenvalue weighted by molar-refractivity contribution is 5.69. The lowest BCUT2D eigenvalue weighted by Gasteiger charge is -2.31. The molecule has 10 heteroatoms. The third-order valence-electron chi connectivity index (χ3n) is 13.0. The topological polar surface area (TPSA) is 93.0 Å². The van der Waals surface area contributed by atoms with Gasteiger partial charge in [0.05, 0.1) is 18.8 Å². The number of likely N-dealkylation sites (N-methyl/N-ethyl adjacent to an activating group) is 1. The Kier molecular flexibility index (Phi) is 36.6. The molecule has 0 bridgehead atoms. The molecular weight excluding hydrogens is 773 g/mol. The number of hydrogen-bond donors (Lipinski definition) is 0. The van der Waals surface area contributed by atoms with Crippen LogP contribution >= 0.6 is 0 Å². The predicted molar refractivity (Wildman–Crippen MR) is 259 cm³/mol. The second kappa shape index (κ2) is 40.5. The Morgan fingerprint density at radius 1 is 0.581 bits per heavy atom. The molecule has 10 nitrogen and oxygen atoms in total. The Bertz CT molecular complexity index is 1140. The van der Waals surface area contributed by atoms with Crippen molar-refractivity contribution in [2.75, 3.05) is 59.5 Å². The van der Waals surface area contributed by atoms with Crippen molar-refractivity contribution >= 4 is 11.9 Å². The first kappa shape index (κ1) is 56.1. The molecule has 0 radical (unpaired) electrons. The van der Waals surface area contributed by atoms with Crippen molar-refractivity contribution in [3.05, 3.63) is 11.9 Å². The zero-order valence-corrected chi connectivity index (χ0v) is 41.4. The van der Waals surface area contributed by atoms with Crippen LogP contribution in [0.1, 0.15) is 238 Å². The zero-order chi connectivity index (χ0) is 44.6. The average molecular weight is 873 g/mol. The van der Waals surface area contributed by atoms with Crippen LogP contribution < -0.4 is 0 Å². The van der Waals surface area contributed by atoms with Crippen molar-refractivity contribution in [1.82, 2.24) is 29.7 Å². The number of rotatable bonds is 44. The minimum Gasteiger partial charge on any atom is -0.466 e. The number of piperazine rings is 1. The molecule has 1 aliphatic rings. The molecule has 0 spiro atoms. The van der Waals surface area contributed by atoms with Gasteiger partial charge in [0.2, 0.25) is 0 Å². The van der Waals surface area contributed by atoms with Crippen LogP contribution in [0.15, 0.2) is 6.20 Å². The van der Waals surface area contributed by atoms with Crippen molar-refractivity contribution in [3.63, 3.8) is 0 Å². The van der Waals surface area contributed by atoms with Crippen molar-refractivity contribution in [2.45, 2.75) is 252 Å². The first-order chi connectivity index (χ1) is 30.4. The lowest BCUT2D eigenvalue weighted by molar-refractivity contribution is -0.150. The summed E-state index contributed by atoms with van der Waals surface area (Å²) in [4.78, 5) is 32.7. The Balaban J connectivity index is 1.69. The average Bonchev–Trinajstić information content (AvgIpc) is 3.72. The van der Waals surface area contributed by atoms with Gasteiger partial charge in [0, 0.05) is 58.3 Å². The van der Waals surface area contributed by atoms with E-state index in [2.05, 4.69) is 59.0 Å². The third-order valence-corrected chi connectivity index (χ3v) is 13.0. The number of hydrogen-bond acceptors (Lipinski definition) is 9. The molecule has 0 N–H and O–H groups in total. The monoisotopic (exact) mass is 873 g/mol. The summed E-state index contributed by atoms with van der Waals surface area (Å²) in [5.74, 6) is -0.0144. The lowest BCUT2D eigenvalue weighted by atomic mass is 10.0. The molecule has 1 fully saturated rings. The second-order valence-electron chi connectivity index (χ2n) is 19.0. The molecule has 1 aliphatic heterocycles. The molecular formula is C52H100N6O4. The number of carbonyl (C=O) groups is 2. The Hall–Kier alpha value is -2.04. The van der Waals surface area contributed by atoms with Crippen molar-refractivity contribution in [2.24, 2.45) is 0 Å². The molecule has 0 unspecified atom stereocenters. The fourth-order valence-corrected chi connectivity index (χ4v) is 8.73. The number of aromatic nitrogens is 3. The highest BCUT2D eigenvalue weighted by atomic mass is 16.5. The molecule has 1 aromatic rings. The van der Waals surface area contributed by atoms with Gasteiger partial charge in [0.1, 0.15) is 6.10 Å². The maximum Gasteiger partial charge on any atom is 0.306 e. The molecule has 0 aromatic carbocycles. The first-order valence-corrected chi connectivity index (χ1v) is 26.8. The Morgan fingerprint density at radius 2 is 1.05 bits per heavy atom. The summed E-state index contributed by atoms with van der Waals surface area (Å²) in [5.41, 5.74) is 1.06. The van der Waals surface area contributed by atoms with Gasteiger partial charge in [-0.3, -0.25) is 19.2 Å². The maximum absolute atomic E-state index is 12.9. The van der Waals surface area contributed by atoms with Crippen molar-refractivity contribution < 1.29 is 19.1 Å². The molecule has 2 rings (SSSR count). The van der Waals surface area contributed by atoms with Gasteiger partial charge >= 0.3 is 11.9 Å². The van der Waals surface area contributed by atoms with Gasteiger partial charge in [-0.05, 0) is 77.9 Å². The lowest BCUT2D eigenvalue weighted by Crippen LogP contribution is -2.43. The maximum atomic E-state index is 12.9. The molecule has 1 saturated heterocycles. The standard InChI is InChI=1S/C52H100N6O4/c1-5-8-11-14-17-18-19-25-33-46-61-51(59)36-30-26-32-39-56(44-45-58-48-49(53-54-58)47-57-42-40-55(4)41-43-57)38-31-24-20-23-29-37-52(60)62-50(34-27-21-15-12-9-6-2)35-28-22-16-13-10-7-3/h48,50H,5-47H2,1-4H3. The minimum absolute atomic E-state index is 0.0185. The smallest absolute Gasteiger partial charge is 0.306 e. The molecule has 362 valence electrons. The van der Waals surface area contributed by atoms with E-state index in [0.29, 0.717) is 19.4 Å². The van der Waals surface area contributed by atoms with Gasteiger partial charge in [0.15, 0.2) is 0 Å². The highest BCUT2D eigenvalue weighted by Crippen LogP contribution is 2.19. The van der Waals surface area contributed by atoms with Gasteiger partial charge in [-0.25, -0.2) is 0 Å². The first-order valence-electron chi connectivity index (χ1n) is 26.8. The minimum atomic E-state index is -0.0330. The van der Waals surface area contributed by atoms with E-state index in [-0.39, 0.29) is 18.0 Å². The second-order valence-corrected chi connectivity index (χ2v) is 19.0. The number of ether oxygens (including phenoxy) is 2. The van der Waals surface area contributed by atoms with Gasteiger partial charge in [0.25, 0.3) is 0 Å². The van der Waals surface area contributed by atoms with Crippen LogP contribution in [0.4, 0.5) is 0 Å².